The summed E-state index contributed by atoms with van der Waals surface area (Å²) in [6, 6.07) is 11.3. The van der Waals surface area contributed by atoms with Crippen LogP contribution in [0, 0.1) is 0 Å². The summed E-state index contributed by atoms with van der Waals surface area (Å²) in [7, 11) is 6.05. The van der Waals surface area contributed by atoms with E-state index in [4.69, 9.17) is 5.73 Å². The van der Waals surface area contributed by atoms with Gasteiger partial charge >= 0.3 is 0 Å². The van der Waals surface area contributed by atoms with Gasteiger partial charge in [0, 0.05) is 52.9 Å². The minimum Gasteiger partial charge on any atom is -0.370 e. The predicted octanol–water partition coefficient (Wildman–Crippen LogP) is 1.86. The second-order valence-corrected chi connectivity index (χ2v) is 6.21. The molecular formula is C17H30IN5. The van der Waals surface area contributed by atoms with E-state index >= 15 is 0 Å². The molecule has 23 heavy (non-hydrogen) atoms. The highest BCUT2D eigenvalue weighted by molar-refractivity contribution is 14.0. The highest BCUT2D eigenvalue weighted by atomic mass is 127. The average Bonchev–Trinajstić information content (AvgIpc) is 2.53. The summed E-state index contributed by atoms with van der Waals surface area (Å²) in [4.78, 5) is 11.2. The second kappa shape index (κ2) is 10.1. The van der Waals surface area contributed by atoms with Crippen LogP contribution in [0.2, 0.25) is 0 Å². The van der Waals surface area contributed by atoms with Crippen LogP contribution in [-0.2, 0) is 0 Å². The zero-order valence-corrected chi connectivity index (χ0v) is 16.8. The Balaban J connectivity index is 0.00000264. The first-order chi connectivity index (χ1) is 10.6. The Bertz CT molecular complexity index is 477. The van der Waals surface area contributed by atoms with Crippen LogP contribution in [0.5, 0.6) is 0 Å². The van der Waals surface area contributed by atoms with Gasteiger partial charge in [-0.2, -0.15) is 0 Å². The summed E-state index contributed by atoms with van der Waals surface area (Å²) in [6.45, 7) is 5.19. The maximum atomic E-state index is 5.83. The zero-order valence-electron chi connectivity index (χ0n) is 14.5. The molecule has 0 aromatic heterocycles. The van der Waals surface area contributed by atoms with Gasteiger partial charge in [0.05, 0.1) is 0 Å². The van der Waals surface area contributed by atoms with E-state index in [0.29, 0.717) is 12.0 Å². The summed E-state index contributed by atoms with van der Waals surface area (Å²) >= 11 is 0. The van der Waals surface area contributed by atoms with Gasteiger partial charge in [-0.3, -0.25) is 9.89 Å². The van der Waals surface area contributed by atoms with Gasteiger partial charge in [-0.25, -0.2) is 0 Å². The molecule has 1 heterocycles. The number of hydrogen-bond acceptors (Lipinski definition) is 3. The number of aliphatic imine (C=N–C) groups is 1. The Hall–Kier alpha value is -0.860. The number of nitrogens with two attached hydrogens (primary N) is 1. The molecule has 130 valence electrons. The normalized spacial score (nSPS) is 20.1. The monoisotopic (exact) mass is 431 g/mol. The maximum Gasteiger partial charge on any atom is 0.190 e. The first-order valence-electron chi connectivity index (χ1n) is 8.02. The van der Waals surface area contributed by atoms with Crippen molar-refractivity contribution >= 4 is 29.9 Å². The summed E-state index contributed by atoms with van der Waals surface area (Å²) < 4.78 is 0. The lowest BCUT2D eigenvalue weighted by atomic mass is 10.0. The topological polar surface area (TPSA) is 48.1 Å². The fourth-order valence-corrected chi connectivity index (χ4v) is 2.82. The van der Waals surface area contributed by atoms with Crippen LogP contribution in [0.3, 0.4) is 0 Å². The molecule has 0 aliphatic carbocycles. The Labute approximate surface area is 157 Å². The van der Waals surface area contributed by atoms with E-state index in [9.17, 15) is 0 Å². The predicted molar refractivity (Wildman–Crippen MR) is 108 cm³/mol. The molecule has 1 fully saturated rings. The molecule has 1 atom stereocenters. The van der Waals surface area contributed by atoms with Gasteiger partial charge in [0.15, 0.2) is 5.96 Å². The molecule has 0 spiro atoms. The molecule has 0 amide bonds. The molecule has 1 aromatic rings. The summed E-state index contributed by atoms with van der Waals surface area (Å²) in [6.07, 6.45) is 1.04. The van der Waals surface area contributed by atoms with Crippen molar-refractivity contribution in [3.05, 3.63) is 35.9 Å². The van der Waals surface area contributed by atoms with E-state index in [-0.39, 0.29) is 24.0 Å². The van der Waals surface area contributed by atoms with Gasteiger partial charge in [-0.1, -0.05) is 30.3 Å². The number of piperazine rings is 1. The molecule has 0 radical (unpaired) electrons. The second-order valence-electron chi connectivity index (χ2n) is 6.21. The van der Waals surface area contributed by atoms with E-state index in [2.05, 4.69) is 52.2 Å². The smallest absolute Gasteiger partial charge is 0.190 e. The molecule has 2 N–H and O–H groups in total. The number of halogens is 1. The quantitative estimate of drug-likeness (QED) is 0.335. The Morgan fingerprint density at radius 2 is 1.96 bits per heavy atom. The van der Waals surface area contributed by atoms with Crippen molar-refractivity contribution in [2.24, 2.45) is 10.7 Å². The van der Waals surface area contributed by atoms with Crippen LogP contribution in [0.1, 0.15) is 18.0 Å². The number of likely N-dealkylation sites (N-methyl/N-ethyl adjacent to an activating group) is 1. The molecule has 1 aromatic carbocycles. The Morgan fingerprint density at radius 3 is 2.61 bits per heavy atom. The standard InChI is InChI=1S/C17H29N5.HI/c1-20(2)17(18)19-10-7-11-22-13-12-21(3)14-16(22)15-8-5-4-6-9-15;/h4-6,8-9,16H,7,10-14H2,1-3H3,(H2,18,19);1H. The van der Waals surface area contributed by atoms with Crippen molar-refractivity contribution in [2.45, 2.75) is 12.5 Å². The van der Waals surface area contributed by atoms with Crippen molar-refractivity contribution in [2.75, 3.05) is 53.9 Å². The maximum absolute atomic E-state index is 5.83. The minimum absolute atomic E-state index is 0. The lowest BCUT2D eigenvalue weighted by Crippen LogP contribution is -2.47. The molecule has 1 aliphatic heterocycles. The van der Waals surface area contributed by atoms with Crippen molar-refractivity contribution < 1.29 is 0 Å². The van der Waals surface area contributed by atoms with Crippen LogP contribution in [0.25, 0.3) is 0 Å². The third kappa shape index (κ3) is 6.27. The molecule has 0 bridgehead atoms. The van der Waals surface area contributed by atoms with E-state index in [1.54, 1.807) is 0 Å². The third-order valence-electron chi connectivity index (χ3n) is 4.21. The van der Waals surface area contributed by atoms with E-state index in [1.807, 2.05) is 19.0 Å². The fourth-order valence-electron chi connectivity index (χ4n) is 2.82. The lowest BCUT2D eigenvalue weighted by molar-refractivity contribution is 0.0894. The van der Waals surface area contributed by atoms with Crippen molar-refractivity contribution in [3.8, 4) is 0 Å². The molecule has 1 saturated heterocycles. The van der Waals surface area contributed by atoms with Crippen molar-refractivity contribution in [1.82, 2.24) is 14.7 Å². The van der Waals surface area contributed by atoms with Crippen molar-refractivity contribution in [3.63, 3.8) is 0 Å². The van der Waals surface area contributed by atoms with Gasteiger partial charge in [-0.05, 0) is 19.0 Å². The number of benzene rings is 1. The summed E-state index contributed by atoms with van der Waals surface area (Å²) in [5.74, 6) is 0.609. The number of rotatable bonds is 5. The SMILES string of the molecule is CN1CCN(CCCN=C(N)N(C)C)C(c2ccccc2)C1.I. The first-order valence-corrected chi connectivity index (χ1v) is 8.02. The largest absolute Gasteiger partial charge is 0.370 e. The Morgan fingerprint density at radius 1 is 1.26 bits per heavy atom. The van der Waals surface area contributed by atoms with Crippen molar-refractivity contribution in [1.29, 1.82) is 0 Å². The highest BCUT2D eigenvalue weighted by Crippen LogP contribution is 2.24. The lowest BCUT2D eigenvalue weighted by Gasteiger charge is -2.40. The van der Waals surface area contributed by atoms with E-state index in [0.717, 1.165) is 39.1 Å². The van der Waals surface area contributed by atoms with E-state index < -0.39 is 0 Å². The summed E-state index contributed by atoms with van der Waals surface area (Å²) in [5, 5.41) is 0. The molecule has 5 nitrogen and oxygen atoms in total. The molecule has 1 aliphatic rings. The van der Waals surface area contributed by atoms with Gasteiger partial charge in [0.2, 0.25) is 0 Å². The van der Waals surface area contributed by atoms with E-state index in [1.165, 1.54) is 5.56 Å². The molecule has 2 rings (SSSR count). The number of nitrogens with zero attached hydrogens (tertiary/aromatic N) is 4. The van der Waals surface area contributed by atoms with Gasteiger partial charge in [0.1, 0.15) is 0 Å². The third-order valence-corrected chi connectivity index (χ3v) is 4.21. The Kier molecular flexibility index (Phi) is 8.86. The van der Waals surface area contributed by atoms with Crippen LogP contribution in [0.15, 0.2) is 35.3 Å². The summed E-state index contributed by atoms with van der Waals surface area (Å²) in [5.41, 5.74) is 7.24. The fraction of sp³-hybridized carbons (Fsp3) is 0.588. The molecule has 0 saturated carbocycles. The molecule has 1 unspecified atom stereocenters. The van der Waals surface area contributed by atoms with Crippen LogP contribution in [0.4, 0.5) is 0 Å². The van der Waals surface area contributed by atoms with Crippen LogP contribution in [-0.4, -0.2) is 74.5 Å². The van der Waals surface area contributed by atoms with Crippen LogP contribution < -0.4 is 5.73 Å². The average molecular weight is 431 g/mol. The highest BCUT2D eigenvalue weighted by Gasteiger charge is 2.25. The first kappa shape index (κ1) is 20.2. The van der Waals surface area contributed by atoms with Gasteiger partial charge < -0.3 is 15.5 Å². The molecule has 6 heteroatoms. The number of hydrogen-bond donors (Lipinski definition) is 1. The zero-order chi connectivity index (χ0) is 15.9. The number of guanidine groups is 1. The van der Waals surface area contributed by atoms with Crippen LogP contribution >= 0.6 is 24.0 Å². The molecular weight excluding hydrogens is 401 g/mol. The minimum atomic E-state index is 0. The van der Waals surface area contributed by atoms with Gasteiger partial charge in [0.25, 0.3) is 0 Å². The van der Waals surface area contributed by atoms with Gasteiger partial charge in [-0.15, -0.1) is 24.0 Å².